The van der Waals surface area contributed by atoms with E-state index in [1.165, 1.54) is 40.0 Å². The van der Waals surface area contributed by atoms with Crippen molar-refractivity contribution in [3.63, 3.8) is 0 Å². The van der Waals surface area contributed by atoms with Crippen molar-refractivity contribution < 1.29 is 33.8 Å². The molecule has 2 aromatic heterocycles. The van der Waals surface area contributed by atoms with Gasteiger partial charge in [0.2, 0.25) is 11.8 Å². The molecule has 5 atom stereocenters. The van der Waals surface area contributed by atoms with Gasteiger partial charge in [-0.3, -0.25) is 19.0 Å². The number of nitrogens with zero attached hydrogens (tertiary/aromatic N) is 5. The number of carboxylic acids is 1. The Morgan fingerprint density at radius 2 is 1.96 bits per heavy atom. The number of imidazole rings is 1. The number of nitrogens with one attached hydrogen (secondary N) is 2. The van der Waals surface area contributed by atoms with E-state index in [-0.39, 0.29) is 36.7 Å². The Morgan fingerprint density at radius 1 is 1.17 bits per heavy atom. The van der Waals surface area contributed by atoms with Gasteiger partial charge in [0, 0.05) is 31.3 Å². The highest BCUT2D eigenvalue weighted by atomic mass is 16.6. The van der Waals surface area contributed by atoms with Crippen LogP contribution >= 0.6 is 0 Å². The van der Waals surface area contributed by atoms with Crippen molar-refractivity contribution in [2.24, 2.45) is 5.92 Å². The van der Waals surface area contributed by atoms with Gasteiger partial charge in [-0.05, 0) is 46.5 Å². The second-order valence-electron chi connectivity index (χ2n) is 13.0. The van der Waals surface area contributed by atoms with Crippen molar-refractivity contribution in [1.82, 2.24) is 34.9 Å². The summed E-state index contributed by atoms with van der Waals surface area (Å²) in [7, 11) is 1.41. The van der Waals surface area contributed by atoms with Crippen LogP contribution in [0.4, 0.5) is 4.79 Å². The first-order chi connectivity index (χ1) is 21.8. The van der Waals surface area contributed by atoms with Crippen LogP contribution in [0.15, 0.2) is 41.9 Å². The van der Waals surface area contributed by atoms with E-state index in [9.17, 15) is 29.1 Å². The number of rotatable bonds is 5. The van der Waals surface area contributed by atoms with E-state index in [4.69, 9.17) is 9.47 Å². The summed E-state index contributed by atoms with van der Waals surface area (Å²) in [6.45, 7) is 5.05. The smallest absolute Gasteiger partial charge is 0.408 e. The first-order valence-electron chi connectivity index (χ1n) is 15.5. The zero-order valence-corrected chi connectivity index (χ0v) is 26.5. The predicted octanol–water partition coefficient (Wildman–Crippen LogP) is 1.95. The first kappa shape index (κ1) is 32.7. The zero-order valence-electron chi connectivity index (χ0n) is 26.5. The van der Waals surface area contributed by atoms with E-state index < -0.39 is 58.7 Å². The second-order valence-corrected chi connectivity index (χ2v) is 13.0. The van der Waals surface area contributed by atoms with Crippen LogP contribution in [0.1, 0.15) is 71.8 Å². The number of aromatic nitrogens is 4. The molecule has 15 heteroatoms. The molecule has 46 heavy (non-hydrogen) atoms. The summed E-state index contributed by atoms with van der Waals surface area (Å²) >= 11 is 0. The Morgan fingerprint density at radius 3 is 2.63 bits per heavy atom. The predicted molar refractivity (Wildman–Crippen MR) is 163 cm³/mol. The molecule has 5 rings (SSSR count). The molecule has 0 bridgehead atoms. The fourth-order valence-corrected chi connectivity index (χ4v) is 6.19. The number of carbonyl (C=O) groups is 4. The summed E-state index contributed by atoms with van der Waals surface area (Å²) in [6.07, 6.45) is 12.3. The maximum Gasteiger partial charge on any atom is 0.408 e. The largest absolute Gasteiger partial charge is 0.493 e. The van der Waals surface area contributed by atoms with E-state index in [2.05, 4.69) is 20.7 Å². The number of aliphatic carboxylic acids is 1. The number of hydrogen-bond donors (Lipinski definition) is 3. The molecule has 1 aliphatic carbocycles. The van der Waals surface area contributed by atoms with Crippen LogP contribution in [-0.4, -0.2) is 90.1 Å². The van der Waals surface area contributed by atoms with Gasteiger partial charge in [-0.2, -0.15) is 5.10 Å². The number of alkyl carbamates (subject to hydrolysis) is 1. The van der Waals surface area contributed by atoms with Gasteiger partial charge in [-0.1, -0.05) is 25.0 Å². The zero-order chi connectivity index (χ0) is 33.2. The Balaban J connectivity index is 1.51. The van der Waals surface area contributed by atoms with Crippen LogP contribution in [0.2, 0.25) is 0 Å². The molecule has 2 aliphatic heterocycles. The average molecular weight is 640 g/mol. The molecule has 248 valence electrons. The molecular formula is C31H41N7O8. The van der Waals surface area contributed by atoms with Crippen molar-refractivity contribution in [3.05, 3.63) is 47.4 Å². The molecule has 15 nitrogen and oxygen atoms in total. The first-order valence-corrected chi connectivity index (χ1v) is 15.5. The van der Waals surface area contributed by atoms with Crippen molar-refractivity contribution in [2.75, 3.05) is 13.7 Å². The maximum absolute atomic E-state index is 14.2. The lowest BCUT2D eigenvalue weighted by molar-refractivity contribution is -0.145. The Kier molecular flexibility index (Phi) is 9.22. The van der Waals surface area contributed by atoms with E-state index in [1.54, 1.807) is 27.0 Å². The maximum atomic E-state index is 14.2. The molecule has 1 saturated heterocycles. The molecule has 4 heterocycles. The molecule has 0 aromatic carbocycles. The van der Waals surface area contributed by atoms with Crippen molar-refractivity contribution in [3.8, 4) is 11.4 Å². The normalized spacial score (nSPS) is 27.7. The van der Waals surface area contributed by atoms with E-state index in [0.29, 0.717) is 12.8 Å². The summed E-state index contributed by atoms with van der Waals surface area (Å²) in [6, 6.07) is -2.91. The lowest BCUT2D eigenvalue weighted by atomic mass is 10.0. The van der Waals surface area contributed by atoms with Gasteiger partial charge in [-0.15, -0.1) is 0 Å². The van der Waals surface area contributed by atoms with Crippen LogP contribution < -0.4 is 20.9 Å². The van der Waals surface area contributed by atoms with Crippen LogP contribution in [0.5, 0.6) is 5.75 Å². The van der Waals surface area contributed by atoms with Gasteiger partial charge in [0.1, 0.15) is 23.2 Å². The molecule has 3 aliphatic rings. The number of carbonyl (C=O) groups excluding carboxylic acids is 3. The topological polar surface area (TPSA) is 187 Å². The molecular weight excluding hydrogens is 598 g/mol. The Labute approximate surface area is 265 Å². The van der Waals surface area contributed by atoms with Crippen molar-refractivity contribution >= 4 is 23.9 Å². The third-order valence-electron chi connectivity index (χ3n) is 8.60. The van der Waals surface area contributed by atoms with Gasteiger partial charge in [-0.25, -0.2) is 19.3 Å². The number of carboxylic acid groups (broad SMARTS) is 1. The molecule has 2 aromatic rings. The van der Waals surface area contributed by atoms with Crippen LogP contribution in [0.3, 0.4) is 0 Å². The monoisotopic (exact) mass is 639 g/mol. The molecule has 3 N–H and O–H groups in total. The minimum Gasteiger partial charge on any atom is -0.493 e. The number of allylic oxidation sites excluding steroid dienone is 1. The van der Waals surface area contributed by atoms with Crippen LogP contribution in [0, 0.1) is 5.92 Å². The highest BCUT2D eigenvalue weighted by Gasteiger charge is 2.61. The number of hydrogen-bond acceptors (Lipinski definition) is 9. The quantitative estimate of drug-likeness (QED) is 0.408. The lowest BCUT2D eigenvalue weighted by Crippen LogP contribution is -2.56. The summed E-state index contributed by atoms with van der Waals surface area (Å²) in [5.74, 6) is -2.52. The molecule has 3 amide bonds. The average Bonchev–Trinajstić information content (AvgIpc) is 3.30. The van der Waals surface area contributed by atoms with Crippen molar-refractivity contribution in [2.45, 2.75) is 95.0 Å². The Bertz CT molecular complexity index is 1560. The van der Waals surface area contributed by atoms with E-state index in [1.807, 2.05) is 12.2 Å². The second kappa shape index (κ2) is 13.0. The van der Waals surface area contributed by atoms with Gasteiger partial charge in [0.05, 0.1) is 25.7 Å². The summed E-state index contributed by atoms with van der Waals surface area (Å²) in [5.41, 5.74) is -2.67. The molecule has 2 fully saturated rings. The standard InChI is InChI=1S/C31H41N7O8/c1-30(2,3)46-29(44)34-21-11-9-7-5-6-8-10-19-15-31(19,28(42)43)35-25(39)22-14-20(17-37(22)26(21)40)38-27(41)24(23(45-4)16-33-38)36-13-12-32-18-36/h8,10,12-13,16,18-22H,5-7,9,11,14-15,17H2,1-4H3,(H,34,44)(H,35,39)(H,42,43)/b10-8-/t19-,20+,21+,22+,31-/m1/s1. The van der Waals surface area contributed by atoms with E-state index >= 15 is 0 Å². The molecule has 0 spiro atoms. The van der Waals surface area contributed by atoms with Crippen LogP contribution in [-0.2, 0) is 19.1 Å². The third-order valence-corrected chi connectivity index (χ3v) is 8.60. The fraction of sp³-hybridized carbons (Fsp3) is 0.581. The van der Waals surface area contributed by atoms with Gasteiger partial charge < -0.3 is 30.1 Å². The number of amides is 3. The molecule has 1 saturated carbocycles. The summed E-state index contributed by atoms with van der Waals surface area (Å²) < 4.78 is 13.5. The summed E-state index contributed by atoms with van der Waals surface area (Å²) in [5, 5.41) is 19.8. The van der Waals surface area contributed by atoms with Crippen molar-refractivity contribution in [1.29, 1.82) is 0 Å². The Hall–Kier alpha value is -4.69. The lowest BCUT2D eigenvalue weighted by Gasteiger charge is -2.30. The van der Waals surface area contributed by atoms with Crippen LogP contribution in [0.25, 0.3) is 5.69 Å². The highest BCUT2D eigenvalue weighted by molar-refractivity contribution is 5.96. The molecule has 0 unspecified atom stereocenters. The van der Waals surface area contributed by atoms with Gasteiger partial charge in [0.25, 0.3) is 5.56 Å². The number of ether oxygens (including phenoxy) is 2. The number of methoxy groups -OCH3 is 1. The fourth-order valence-electron chi connectivity index (χ4n) is 6.19. The van der Waals surface area contributed by atoms with Gasteiger partial charge >= 0.3 is 12.1 Å². The highest BCUT2D eigenvalue weighted by Crippen LogP contribution is 2.45. The van der Waals surface area contributed by atoms with E-state index in [0.717, 1.165) is 19.3 Å². The summed E-state index contributed by atoms with van der Waals surface area (Å²) in [4.78, 5) is 72.5. The third kappa shape index (κ3) is 6.77. The SMILES string of the molecule is COc1cnn([C@H]2C[C@H]3C(=O)N[C@]4(C(=O)O)C[C@H]4/C=C\CCCCC[C@H](NC(=O)OC(C)(C)C)C(=O)N3C2)c(=O)c1-n1ccnc1. The minimum atomic E-state index is -1.49. The number of fused-ring (bicyclic) bond motifs is 2. The van der Waals surface area contributed by atoms with Gasteiger partial charge in [0.15, 0.2) is 11.4 Å². The minimum absolute atomic E-state index is 0.0183. The molecule has 0 radical (unpaired) electrons.